The monoisotopic (exact) mass is 518 g/mol. The van der Waals surface area contributed by atoms with Crippen LogP contribution in [0.4, 0.5) is 0 Å². The van der Waals surface area contributed by atoms with Gasteiger partial charge in [0.15, 0.2) is 6.10 Å². The molecule has 0 bridgehead atoms. The zero-order chi connectivity index (χ0) is 27.4. The standard InChI is InChI=1S/C34H34N2O3/c1-23-9-7-11-26(19-23)22-35-33(37)25(3)39-30-16-15-27-17-18-36(34(38)28-12-5-4-6-13-28)32(31(27)21-30)29-14-8-10-24(2)20-29/h4-16,19-21,25,32H,17-18,22H2,1-3H3,(H,35,37)/t25-,32+/m0/s1. The van der Waals surface area contributed by atoms with Gasteiger partial charge in [-0.05, 0) is 73.7 Å². The number of hydrogen-bond donors (Lipinski definition) is 1. The fourth-order valence-electron chi connectivity index (χ4n) is 5.24. The van der Waals surface area contributed by atoms with Crippen LogP contribution in [0.3, 0.4) is 0 Å². The van der Waals surface area contributed by atoms with Gasteiger partial charge in [0, 0.05) is 18.7 Å². The number of ether oxygens (including phenoxy) is 1. The van der Waals surface area contributed by atoms with Crippen molar-refractivity contribution >= 4 is 11.8 Å². The van der Waals surface area contributed by atoms with Gasteiger partial charge in [-0.25, -0.2) is 0 Å². The van der Waals surface area contributed by atoms with Crippen molar-refractivity contribution in [2.45, 2.75) is 45.9 Å². The minimum atomic E-state index is -0.670. The molecule has 0 fully saturated rings. The average molecular weight is 519 g/mol. The second-order valence-corrected chi connectivity index (χ2v) is 10.3. The summed E-state index contributed by atoms with van der Waals surface area (Å²) in [5.74, 6) is 0.437. The highest BCUT2D eigenvalue weighted by Crippen LogP contribution is 2.38. The first-order chi connectivity index (χ1) is 18.9. The van der Waals surface area contributed by atoms with Crippen molar-refractivity contribution < 1.29 is 14.3 Å². The molecule has 0 saturated heterocycles. The molecular weight excluding hydrogens is 484 g/mol. The number of fused-ring (bicyclic) bond motifs is 1. The summed E-state index contributed by atoms with van der Waals surface area (Å²) in [6.07, 6.45) is 0.0826. The summed E-state index contributed by atoms with van der Waals surface area (Å²) in [6.45, 7) is 6.93. The topological polar surface area (TPSA) is 58.6 Å². The molecule has 0 unspecified atom stereocenters. The van der Waals surface area contributed by atoms with Gasteiger partial charge in [-0.1, -0.05) is 83.9 Å². The van der Waals surface area contributed by atoms with Gasteiger partial charge in [0.05, 0.1) is 6.04 Å². The Hall–Kier alpha value is -4.38. The lowest BCUT2D eigenvalue weighted by atomic mass is 9.87. The minimum absolute atomic E-state index is 0.00275. The second-order valence-electron chi connectivity index (χ2n) is 10.3. The summed E-state index contributed by atoms with van der Waals surface area (Å²) in [4.78, 5) is 28.5. The Bertz CT molecular complexity index is 1480. The molecule has 0 radical (unpaired) electrons. The number of carbonyl (C=O) groups excluding carboxylic acids is 2. The molecule has 0 spiro atoms. The number of hydrogen-bond acceptors (Lipinski definition) is 3. The number of rotatable bonds is 7. The summed E-state index contributed by atoms with van der Waals surface area (Å²) in [6, 6.07) is 31.5. The van der Waals surface area contributed by atoms with E-state index in [-0.39, 0.29) is 17.9 Å². The van der Waals surface area contributed by atoms with Crippen molar-refractivity contribution in [2.75, 3.05) is 6.54 Å². The molecule has 5 heteroatoms. The van der Waals surface area contributed by atoms with Crippen LogP contribution in [0, 0.1) is 13.8 Å². The number of benzene rings is 4. The molecule has 5 rings (SSSR count). The first kappa shape index (κ1) is 26.2. The van der Waals surface area contributed by atoms with E-state index in [1.807, 2.05) is 78.6 Å². The first-order valence-corrected chi connectivity index (χ1v) is 13.4. The number of nitrogens with zero attached hydrogens (tertiary/aromatic N) is 1. The van der Waals surface area contributed by atoms with Crippen molar-refractivity contribution in [3.8, 4) is 5.75 Å². The molecule has 0 aliphatic carbocycles. The zero-order valence-corrected chi connectivity index (χ0v) is 22.7. The molecule has 0 saturated carbocycles. The van der Waals surface area contributed by atoms with Crippen LogP contribution in [-0.2, 0) is 17.8 Å². The number of amides is 2. The average Bonchev–Trinajstić information content (AvgIpc) is 2.95. The smallest absolute Gasteiger partial charge is 0.261 e. The molecule has 1 N–H and O–H groups in total. The lowest BCUT2D eigenvalue weighted by molar-refractivity contribution is -0.127. The Morgan fingerprint density at radius 1 is 0.897 bits per heavy atom. The van der Waals surface area contributed by atoms with Gasteiger partial charge in [-0.2, -0.15) is 0 Å². The van der Waals surface area contributed by atoms with Crippen molar-refractivity contribution in [3.63, 3.8) is 0 Å². The molecule has 4 aromatic rings. The lowest BCUT2D eigenvalue weighted by Gasteiger charge is -2.38. The Labute approximate surface area is 230 Å². The third-order valence-electron chi connectivity index (χ3n) is 7.22. The molecule has 39 heavy (non-hydrogen) atoms. The van der Waals surface area contributed by atoms with Crippen LogP contribution in [0.25, 0.3) is 0 Å². The number of carbonyl (C=O) groups is 2. The normalized spacial score (nSPS) is 15.3. The third kappa shape index (κ3) is 6.04. The Balaban J connectivity index is 1.40. The van der Waals surface area contributed by atoms with Crippen molar-refractivity contribution in [1.82, 2.24) is 10.2 Å². The van der Waals surface area contributed by atoms with E-state index in [1.54, 1.807) is 6.92 Å². The molecule has 2 atom stereocenters. The predicted octanol–water partition coefficient (Wildman–Crippen LogP) is 6.18. The molecule has 2 amide bonds. The summed E-state index contributed by atoms with van der Waals surface area (Å²) >= 11 is 0. The van der Waals surface area contributed by atoms with Crippen LogP contribution in [0.15, 0.2) is 97.1 Å². The SMILES string of the molecule is Cc1cccc(CNC(=O)[C@H](C)Oc2ccc3c(c2)[C@@H](c2cccc(C)c2)N(C(=O)c2ccccc2)CC3)c1. The maximum atomic E-state index is 13.7. The highest BCUT2D eigenvalue weighted by Gasteiger charge is 2.33. The maximum absolute atomic E-state index is 13.7. The van der Waals surface area contributed by atoms with E-state index in [2.05, 4.69) is 42.6 Å². The van der Waals surface area contributed by atoms with Gasteiger partial charge in [-0.15, -0.1) is 0 Å². The van der Waals surface area contributed by atoms with E-state index in [1.165, 1.54) is 5.56 Å². The molecule has 198 valence electrons. The van der Waals surface area contributed by atoms with E-state index in [4.69, 9.17) is 4.74 Å². The van der Waals surface area contributed by atoms with E-state index < -0.39 is 6.10 Å². The highest BCUT2D eigenvalue weighted by molar-refractivity contribution is 5.95. The Morgan fingerprint density at radius 2 is 1.64 bits per heavy atom. The van der Waals surface area contributed by atoms with Crippen molar-refractivity contribution in [2.24, 2.45) is 0 Å². The highest BCUT2D eigenvalue weighted by atomic mass is 16.5. The molecule has 1 heterocycles. The van der Waals surface area contributed by atoms with E-state index in [0.717, 1.165) is 34.2 Å². The van der Waals surface area contributed by atoms with Gasteiger partial charge < -0.3 is 15.0 Å². The van der Waals surface area contributed by atoms with E-state index in [9.17, 15) is 9.59 Å². The quantitative estimate of drug-likeness (QED) is 0.318. The Kier molecular flexibility index (Phi) is 7.78. The van der Waals surface area contributed by atoms with Gasteiger partial charge in [-0.3, -0.25) is 9.59 Å². The summed E-state index contributed by atoms with van der Waals surface area (Å²) in [5, 5.41) is 2.97. The molecule has 0 aromatic heterocycles. The maximum Gasteiger partial charge on any atom is 0.261 e. The van der Waals surface area contributed by atoms with E-state index in [0.29, 0.717) is 24.4 Å². The summed E-state index contributed by atoms with van der Waals surface area (Å²) in [5.41, 5.74) is 7.28. The second kappa shape index (κ2) is 11.6. The minimum Gasteiger partial charge on any atom is -0.481 e. The number of aryl methyl sites for hydroxylation is 2. The molecule has 4 aromatic carbocycles. The van der Waals surface area contributed by atoms with E-state index >= 15 is 0 Å². The zero-order valence-electron chi connectivity index (χ0n) is 22.7. The van der Waals surface area contributed by atoms with Crippen LogP contribution in [0.5, 0.6) is 5.75 Å². The fraction of sp³-hybridized carbons (Fsp3) is 0.235. The molecule has 1 aliphatic heterocycles. The van der Waals surface area contributed by atoms with Crippen LogP contribution in [0.2, 0.25) is 0 Å². The van der Waals surface area contributed by atoms with Crippen LogP contribution >= 0.6 is 0 Å². The summed E-state index contributed by atoms with van der Waals surface area (Å²) < 4.78 is 6.13. The molecule has 5 nitrogen and oxygen atoms in total. The van der Waals surface area contributed by atoms with Gasteiger partial charge in [0.2, 0.25) is 0 Å². The van der Waals surface area contributed by atoms with Crippen LogP contribution in [-0.4, -0.2) is 29.4 Å². The largest absolute Gasteiger partial charge is 0.481 e. The van der Waals surface area contributed by atoms with Crippen LogP contribution in [0.1, 0.15) is 56.7 Å². The fourth-order valence-corrected chi connectivity index (χ4v) is 5.24. The van der Waals surface area contributed by atoms with Crippen LogP contribution < -0.4 is 10.1 Å². The summed E-state index contributed by atoms with van der Waals surface area (Å²) in [7, 11) is 0. The van der Waals surface area contributed by atoms with Crippen molar-refractivity contribution in [3.05, 3.63) is 136 Å². The first-order valence-electron chi connectivity index (χ1n) is 13.4. The predicted molar refractivity (Wildman–Crippen MR) is 154 cm³/mol. The third-order valence-corrected chi connectivity index (χ3v) is 7.22. The van der Waals surface area contributed by atoms with Crippen molar-refractivity contribution in [1.29, 1.82) is 0 Å². The lowest BCUT2D eigenvalue weighted by Crippen LogP contribution is -2.40. The molecular formula is C34H34N2O3. The van der Waals surface area contributed by atoms with Gasteiger partial charge >= 0.3 is 0 Å². The van der Waals surface area contributed by atoms with Gasteiger partial charge in [0.25, 0.3) is 11.8 Å². The van der Waals surface area contributed by atoms with Gasteiger partial charge in [0.1, 0.15) is 5.75 Å². The number of nitrogens with one attached hydrogen (secondary N) is 1. The Morgan fingerprint density at radius 3 is 2.38 bits per heavy atom. The molecule has 1 aliphatic rings.